The van der Waals surface area contributed by atoms with Crippen molar-refractivity contribution in [2.75, 3.05) is 17.4 Å². The molecule has 1 aliphatic rings. The summed E-state index contributed by atoms with van der Waals surface area (Å²) < 4.78 is 10.6. The third-order valence-electron chi connectivity index (χ3n) is 3.74. The van der Waals surface area contributed by atoms with Crippen LogP contribution in [0.5, 0.6) is 11.5 Å². The van der Waals surface area contributed by atoms with Crippen molar-refractivity contribution in [2.24, 2.45) is 0 Å². The average Bonchev–Trinajstić information content (AvgIpc) is 3.07. The van der Waals surface area contributed by atoms with E-state index < -0.39 is 0 Å². The molecule has 26 heavy (non-hydrogen) atoms. The van der Waals surface area contributed by atoms with Crippen LogP contribution >= 0.6 is 11.8 Å². The molecule has 0 aliphatic carbocycles. The van der Waals surface area contributed by atoms with Crippen molar-refractivity contribution < 1.29 is 19.1 Å². The lowest BCUT2D eigenvalue weighted by atomic mass is 10.2. The third-order valence-corrected chi connectivity index (χ3v) is 5.09. The van der Waals surface area contributed by atoms with Gasteiger partial charge in [0.1, 0.15) is 0 Å². The van der Waals surface area contributed by atoms with E-state index in [1.54, 1.807) is 18.2 Å². The summed E-state index contributed by atoms with van der Waals surface area (Å²) in [6.45, 7) is 3.63. The Morgan fingerprint density at radius 1 is 1.08 bits per heavy atom. The number of hydrogen-bond donors (Lipinski definition) is 2. The number of benzene rings is 2. The maximum atomic E-state index is 12.6. The molecular weight excluding hydrogens is 352 g/mol. The number of thioether (sulfide) groups is 1. The van der Waals surface area contributed by atoms with Crippen LogP contribution in [0.1, 0.15) is 20.3 Å². The Labute approximate surface area is 156 Å². The Morgan fingerprint density at radius 2 is 1.85 bits per heavy atom. The lowest BCUT2D eigenvalue weighted by molar-refractivity contribution is -0.116. The Balaban J connectivity index is 1.66. The second-order valence-corrected chi connectivity index (χ2v) is 7.06. The molecule has 0 saturated heterocycles. The molecule has 136 valence electrons. The first-order chi connectivity index (χ1) is 12.5. The molecule has 1 aliphatic heterocycles. The van der Waals surface area contributed by atoms with Crippen molar-refractivity contribution in [3.8, 4) is 11.5 Å². The van der Waals surface area contributed by atoms with Gasteiger partial charge in [-0.15, -0.1) is 11.8 Å². The molecule has 2 aromatic rings. The van der Waals surface area contributed by atoms with E-state index in [9.17, 15) is 9.59 Å². The van der Waals surface area contributed by atoms with Gasteiger partial charge in [-0.3, -0.25) is 9.59 Å². The molecule has 2 N–H and O–H groups in total. The number of amides is 2. The third kappa shape index (κ3) is 4.49. The Kier molecular flexibility index (Phi) is 5.68. The van der Waals surface area contributed by atoms with Crippen LogP contribution in [0.3, 0.4) is 0 Å². The van der Waals surface area contributed by atoms with Crippen LogP contribution in [-0.2, 0) is 9.59 Å². The zero-order valence-electron chi connectivity index (χ0n) is 14.6. The summed E-state index contributed by atoms with van der Waals surface area (Å²) in [7, 11) is 0. The molecule has 0 spiro atoms. The standard InChI is InChI=1S/C19H20N2O4S/c1-3-18(26-15-6-4-5-13(9-15)20-12(2)22)19(23)21-14-7-8-16-17(10-14)25-11-24-16/h4-10,18H,3,11H2,1-2H3,(H,20,22)(H,21,23). The smallest absolute Gasteiger partial charge is 0.237 e. The minimum atomic E-state index is -0.256. The number of fused-ring (bicyclic) bond motifs is 1. The van der Waals surface area contributed by atoms with E-state index in [4.69, 9.17) is 9.47 Å². The fourth-order valence-corrected chi connectivity index (χ4v) is 3.55. The van der Waals surface area contributed by atoms with Gasteiger partial charge in [0, 0.05) is 29.3 Å². The molecule has 3 rings (SSSR count). The molecule has 1 atom stereocenters. The number of carbonyl (C=O) groups excluding carboxylic acids is 2. The maximum absolute atomic E-state index is 12.6. The molecule has 0 bridgehead atoms. The van der Waals surface area contributed by atoms with Crippen molar-refractivity contribution in [3.63, 3.8) is 0 Å². The van der Waals surface area contributed by atoms with Gasteiger partial charge in [0.25, 0.3) is 0 Å². The van der Waals surface area contributed by atoms with E-state index in [1.807, 2.05) is 31.2 Å². The highest BCUT2D eigenvalue weighted by Crippen LogP contribution is 2.35. The van der Waals surface area contributed by atoms with E-state index in [1.165, 1.54) is 18.7 Å². The predicted octanol–water partition coefficient (Wildman–Crippen LogP) is 3.88. The minimum Gasteiger partial charge on any atom is -0.454 e. The quantitative estimate of drug-likeness (QED) is 0.753. The molecule has 0 aromatic heterocycles. The summed E-state index contributed by atoms with van der Waals surface area (Å²) >= 11 is 1.46. The number of ether oxygens (including phenoxy) is 2. The molecular formula is C19H20N2O4S. The number of anilines is 2. The first-order valence-corrected chi connectivity index (χ1v) is 9.18. The van der Waals surface area contributed by atoms with Crippen molar-refractivity contribution in [1.29, 1.82) is 0 Å². The van der Waals surface area contributed by atoms with E-state index in [2.05, 4.69) is 10.6 Å². The van der Waals surface area contributed by atoms with Crippen LogP contribution in [0, 0.1) is 0 Å². The normalized spacial score (nSPS) is 13.2. The van der Waals surface area contributed by atoms with Crippen LogP contribution in [0.2, 0.25) is 0 Å². The molecule has 2 aromatic carbocycles. The topological polar surface area (TPSA) is 76.7 Å². The Hall–Kier alpha value is -2.67. The number of rotatable bonds is 6. The second kappa shape index (κ2) is 8.14. The summed E-state index contributed by atoms with van der Waals surface area (Å²) in [5, 5.41) is 5.42. The first-order valence-electron chi connectivity index (χ1n) is 8.30. The van der Waals surface area contributed by atoms with Gasteiger partial charge in [-0.2, -0.15) is 0 Å². The maximum Gasteiger partial charge on any atom is 0.237 e. The van der Waals surface area contributed by atoms with E-state index in [0.29, 0.717) is 29.3 Å². The fourth-order valence-electron chi connectivity index (χ4n) is 2.53. The summed E-state index contributed by atoms with van der Waals surface area (Å²) in [5.41, 5.74) is 1.39. The van der Waals surface area contributed by atoms with Gasteiger partial charge < -0.3 is 20.1 Å². The van der Waals surface area contributed by atoms with Crippen molar-refractivity contribution in [1.82, 2.24) is 0 Å². The second-order valence-electron chi connectivity index (χ2n) is 5.78. The van der Waals surface area contributed by atoms with Crippen LogP contribution in [0.15, 0.2) is 47.4 Å². The van der Waals surface area contributed by atoms with Crippen LogP contribution in [-0.4, -0.2) is 23.9 Å². The highest BCUT2D eigenvalue weighted by Gasteiger charge is 2.20. The average molecular weight is 372 g/mol. The number of hydrogen-bond acceptors (Lipinski definition) is 5. The monoisotopic (exact) mass is 372 g/mol. The summed E-state index contributed by atoms with van der Waals surface area (Å²) in [6, 6.07) is 12.8. The zero-order valence-corrected chi connectivity index (χ0v) is 15.4. The highest BCUT2D eigenvalue weighted by atomic mass is 32.2. The minimum absolute atomic E-state index is 0.0821. The van der Waals surface area contributed by atoms with Crippen LogP contribution in [0.4, 0.5) is 11.4 Å². The molecule has 0 fully saturated rings. The van der Waals surface area contributed by atoms with Crippen molar-refractivity contribution in [3.05, 3.63) is 42.5 Å². The molecule has 1 unspecified atom stereocenters. The van der Waals surface area contributed by atoms with E-state index >= 15 is 0 Å². The summed E-state index contributed by atoms with van der Waals surface area (Å²) in [6.07, 6.45) is 0.672. The highest BCUT2D eigenvalue weighted by molar-refractivity contribution is 8.00. The predicted molar refractivity (Wildman–Crippen MR) is 102 cm³/mol. The fraction of sp³-hybridized carbons (Fsp3) is 0.263. The Morgan fingerprint density at radius 3 is 2.62 bits per heavy atom. The molecule has 2 amide bonds. The molecule has 0 saturated carbocycles. The van der Waals surface area contributed by atoms with E-state index in [-0.39, 0.29) is 23.9 Å². The summed E-state index contributed by atoms with van der Waals surface area (Å²) in [4.78, 5) is 24.8. The number of nitrogens with one attached hydrogen (secondary N) is 2. The lowest BCUT2D eigenvalue weighted by Crippen LogP contribution is -2.24. The molecule has 1 heterocycles. The van der Waals surface area contributed by atoms with Gasteiger partial charge in [-0.05, 0) is 36.8 Å². The van der Waals surface area contributed by atoms with Gasteiger partial charge >= 0.3 is 0 Å². The van der Waals surface area contributed by atoms with Crippen molar-refractivity contribution >= 4 is 35.0 Å². The molecule has 0 radical (unpaired) electrons. The van der Waals surface area contributed by atoms with Gasteiger partial charge in [-0.1, -0.05) is 13.0 Å². The Bertz CT molecular complexity index is 825. The van der Waals surface area contributed by atoms with Crippen LogP contribution < -0.4 is 20.1 Å². The summed E-state index contributed by atoms with van der Waals surface area (Å²) in [5.74, 6) is 1.10. The van der Waals surface area contributed by atoms with E-state index in [0.717, 1.165) is 4.90 Å². The van der Waals surface area contributed by atoms with Crippen LogP contribution in [0.25, 0.3) is 0 Å². The molecule has 6 nitrogen and oxygen atoms in total. The van der Waals surface area contributed by atoms with Gasteiger partial charge in [-0.25, -0.2) is 0 Å². The SMILES string of the molecule is CCC(Sc1cccc(NC(C)=O)c1)C(=O)Nc1ccc2c(c1)OCO2. The largest absolute Gasteiger partial charge is 0.454 e. The lowest BCUT2D eigenvalue weighted by Gasteiger charge is -2.15. The molecule has 7 heteroatoms. The van der Waals surface area contributed by atoms with Gasteiger partial charge in [0.2, 0.25) is 18.6 Å². The zero-order chi connectivity index (χ0) is 18.5. The number of carbonyl (C=O) groups is 2. The van der Waals surface area contributed by atoms with Crippen molar-refractivity contribution in [2.45, 2.75) is 30.4 Å². The first kappa shape index (κ1) is 18.1. The van der Waals surface area contributed by atoms with Gasteiger partial charge in [0.15, 0.2) is 11.5 Å². The van der Waals surface area contributed by atoms with Gasteiger partial charge in [0.05, 0.1) is 5.25 Å².